The minimum Gasteiger partial charge on any atom is -0.493 e. The van der Waals surface area contributed by atoms with Crippen molar-refractivity contribution >= 4 is 35.6 Å². The Bertz CT molecular complexity index is 777. The molecular weight excluding hydrogens is 459 g/mol. The molecule has 148 valence electrons. The highest BCUT2D eigenvalue weighted by Gasteiger charge is 2.15. The van der Waals surface area contributed by atoms with Crippen LogP contribution in [0, 0.1) is 0 Å². The number of aliphatic imine (C=N–C) groups is 1. The number of ether oxygens (including phenoxy) is 2. The fourth-order valence-corrected chi connectivity index (χ4v) is 2.99. The summed E-state index contributed by atoms with van der Waals surface area (Å²) in [5.41, 5.74) is 0.866. The third-order valence-corrected chi connectivity index (χ3v) is 4.31. The number of aryl methyl sites for hydroxylation is 1. The lowest BCUT2D eigenvalue weighted by atomic mass is 10.2. The smallest absolute Gasteiger partial charge is 0.196 e. The molecule has 1 aromatic carbocycles. The number of benzene rings is 1. The molecule has 8 nitrogen and oxygen atoms in total. The van der Waals surface area contributed by atoms with E-state index in [-0.39, 0.29) is 24.0 Å². The zero-order valence-electron chi connectivity index (χ0n) is 16.0. The minimum atomic E-state index is 0. The van der Waals surface area contributed by atoms with Gasteiger partial charge in [-0.15, -0.1) is 34.2 Å². The summed E-state index contributed by atoms with van der Waals surface area (Å²) in [6.07, 6.45) is 3.36. The van der Waals surface area contributed by atoms with Crippen LogP contribution in [0.3, 0.4) is 0 Å². The first-order valence-corrected chi connectivity index (χ1v) is 8.93. The molecule has 9 heteroatoms. The predicted octanol–water partition coefficient (Wildman–Crippen LogP) is 2.83. The standard InChI is InChI=1S/C18H26N6O2.HI/c1-4-19-18(21-13-8-9-14(25-2)15(11-13)26-3)20-12-17-23-22-16-7-5-6-10-24(16)17;/h8-9,11H,4-7,10,12H2,1-3H3,(H2,19,20,21);1H. The molecule has 2 aromatic rings. The second-order valence-electron chi connectivity index (χ2n) is 6.03. The van der Waals surface area contributed by atoms with E-state index < -0.39 is 0 Å². The van der Waals surface area contributed by atoms with Crippen LogP contribution >= 0.6 is 24.0 Å². The van der Waals surface area contributed by atoms with Crippen molar-refractivity contribution in [3.05, 3.63) is 29.8 Å². The first-order valence-electron chi connectivity index (χ1n) is 8.93. The van der Waals surface area contributed by atoms with Gasteiger partial charge in [0.25, 0.3) is 0 Å². The number of nitrogens with one attached hydrogen (secondary N) is 2. The third kappa shape index (κ3) is 5.24. The summed E-state index contributed by atoms with van der Waals surface area (Å²) in [6.45, 7) is 4.25. The van der Waals surface area contributed by atoms with Gasteiger partial charge in [0, 0.05) is 31.3 Å². The second-order valence-corrected chi connectivity index (χ2v) is 6.03. The largest absolute Gasteiger partial charge is 0.493 e. The van der Waals surface area contributed by atoms with Crippen LogP contribution in [0.2, 0.25) is 0 Å². The molecule has 1 aliphatic heterocycles. The molecule has 0 saturated carbocycles. The van der Waals surface area contributed by atoms with Crippen molar-refractivity contribution in [1.82, 2.24) is 20.1 Å². The number of nitrogens with zero attached hydrogens (tertiary/aromatic N) is 4. The molecule has 0 bridgehead atoms. The number of fused-ring (bicyclic) bond motifs is 1. The molecule has 0 spiro atoms. The molecule has 1 aliphatic rings. The molecule has 0 atom stereocenters. The highest BCUT2D eigenvalue weighted by atomic mass is 127. The molecule has 0 unspecified atom stereocenters. The number of rotatable bonds is 6. The summed E-state index contributed by atoms with van der Waals surface area (Å²) in [5, 5.41) is 15.1. The molecule has 2 heterocycles. The molecule has 1 aromatic heterocycles. The van der Waals surface area contributed by atoms with E-state index in [9.17, 15) is 0 Å². The van der Waals surface area contributed by atoms with Crippen LogP contribution in [0.25, 0.3) is 0 Å². The lowest BCUT2D eigenvalue weighted by Crippen LogP contribution is -2.30. The van der Waals surface area contributed by atoms with Crippen molar-refractivity contribution in [1.29, 1.82) is 0 Å². The summed E-state index contributed by atoms with van der Waals surface area (Å²) in [6, 6.07) is 5.66. The molecule has 0 saturated heterocycles. The van der Waals surface area contributed by atoms with E-state index in [1.54, 1.807) is 14.2 Å². The van der Waals surface area contributed by atoms with Gasteiger partial charge in [0.05, 0.1) is 14.2 Å². The van der Waals surface area contributed by atoms with Gasteiger partial charge in [0.1, 0.15) is 12.4 Å². The van der Waals surface area contributed by atoms with E-state index in [0.717, 1.165) is 36.8 Å². The number of halogens is 1. The highest BCUT2D eigenvalue weighted by Crippen LogP contribution is 2.29. The van der Waals surface area contributed by atoms with Crippen LogP contribution in [0.15, 0.2) is 23.2 Å². The van der Waals surface area contributed by atoms with Crippen LogP contribution < -0.4 is 20.1 Å². The van der Waals surface area contributed by atoms with Gasteiger partial charge in [-0.1, -0.05) is 0 Å². The zero-order valence-corrected chi connectivity index (χ0v) is 18.3. The molecule has 3 rings (SSSR count). The van der Waals surface area contributed by atoms with Gasteiger partial charge in [-0.25, -0.2) is 4.99 Å². The van der Waals surface area contributed by atoms with Crippen LogP contribution in [-0.2, 0) is 19.5 Å². The number of aromatic nitrogens is 3. The Hall–Kier alpha value is -2.04. The topological polar surface area (TPSA) is 85.6 Å². The summed E-state index contributed by atoms with van der Waals surface area (Å²) in [5.74, 6) is 4.02. The van der Waals surface area contributed by atoms with Gasteiger partial charge < -0.3 is 24.7 Å². The van der Waals surface area contributed by atoms with E-state index >= 15 is 0 Å². The molecule has 0 aliphatic carbocycles. The molecule has 0 fully saturated rings. The monoisotopic (exact) mass is 486 g/mol. The zero-order chi connectivity index (χ0) is 18.4. The number of methoxy groups -OCH3 is 2. The quantitative estimate of drug-likeness (QED) is 0.371. The molecule has 0 amide bonds. The Morgan fingerprint density at radius 2 is 2.00 bits per heavy atom. The van der Waals surface area contributed by atoms with Crippen LogP contribution in [-0.4, -0.2) is 41.5 Å². The average Bonchev–Trinajstić information content (AvgIpc) is 3.09. The first-order chi connectivity index (χ1) is 12.7. The van der Waals surface area contributed by atoms with Gasteiger partial charge in [-0.2, -0.15) is 0 Å². The molecule has 2 N–H and O–H groups in total. The normalized spacial score (nSPS) is 13.4. The Morgan fingerprint density at radius 3 is 2.74 bits per heavy atom. The van der Waals surface area contributed by atoms with Gasteiger partial charge in [-0.05, 0) is 31.9 Å². The van der Waals surface area contributed by atoms with Crippen LogP contribution in [0.1, 0.15) is 31.4 Å². The fraction of sp³-hybridized carbons (Fsp3) is 0.500. The van der Waals surface area contributed by atoms with E-state index in [0.29, 0.717) is 24.0 Å². The second kappa shape index (κ2) is 10.3. The van der Waals surface area contributed by atoms with Crippen LogP contribution in [0.4, 0.5) is 5.69 Å². The molecule has 0 radical (unpaired) electrons. The average molecular weight is 486 g/mol. The maximum Gasteiger partial charge on any atom is 0.196 e. The van der Waals surface area contributed by atoms with Crippen molar-refractivity contribution in [3.63, 3.8) is 0 Å². The van der Waals surface area contributed by atoms with Crippen molar-refractivity contribution in [3.8, 4) is 11.5 Å². The number of guanidine groups is 1. The number of anilines is 1. The lowest BCUT2D eigenvalue weighted by molar-refractivity contribution is 0.355. The summed E-state index contributed by atoms with van der Waals surface area (Å²) < 4.78 is 12.8. The van der Waals surface area contributed by atoms with Crippen molar-refractivity contribution in [2.24, 2.45) is 4.99 Å². The minimum absolute atomic E-state index is 0. The molecular formula is C18H27IN6O2. The van der Waals surface area contributed by atoms with Gasteiger partial charge in [0.2, 0.25) is 0 Å². The van der Waals surface area contributed by atoms with Crippen molar-refractivity contribution in [2.75, 3.05) is 26.1 Å². The lowest BCUT2D eigenvalue weighted by Gasteiger charge is -2.15. The Labute approximate surface area is 176 Å². The summed E-state index contributed by atoms with van der Waals surface area (Å²) in [4.78, 5) is 4.66. The summed E-state index contributed by atoms with van der Waals surface area (Å²) in [7, 11) is 3.24. The predicted molar refractivity (Wildman–Crippen MR) is 116 cm³/mol. The van der Waals surface area contributed by atoms with Gasteiger partial charge >= 0.3 is 0 Å². The van der Waals surface area contributed by atoms with Gasteiger partial charge in [0.15, 0.2) is 23.3 Å². The first kappa shape index (κ1) is 21.3. The van der Waals surface area contributed by atoms with E-state index in [2.05, 4.69) is 30.4 Å². The maximum atomic E-state index is 5.35. The van der Waals surface area contributed by atoms with E-state index in [4.69, 9.17) is 9.47 Å². The number of hydrogen-bond acceptors (Lipinski definition) is 5. The Balaban J connectivity index is 0.00000261. The number of hydrogen-bond donors (Lipinski definition) is 2. The van der Waals surface area contributed by atoms with E-state index in [1.165, 1.54) is 12.8 Å². The highest BCUT2D eigenvalue weighted by molar-refractivity contribution is 14.0. The SMILES string of the molecule is CCNC(=NCc1nnc2n1CCCC2)Nc1ccc(OC)c(OC)c1.I. The molecule has 27 heavy (non-hydrogen) atoms. The Kier molecular flexibility index (Phi) is 8.14. The third-order valence-electron chi connectivity index (χ3n) is 4.31. The van der Waals surface area contributed by atoms with Gasteiger partial charge in [-0.3, -0.25) is 0 Å². The van der Waals surface area contributed by atoms with Crippen LogP contribution in [0.5, 0.6) is 11.5 Å². The van der Waals surface area contributed by atoms with Crippen molar-refractivity contribution < 1.29 is 9.47 Å². The maximum absolute atomic E-state index is 5.35. The Morgan fingerprint density at radius 1 is 1.19 bits per heavy atom. The van der Waals surface area contributed by atoms with E-state index in [1.807, 2.05) is 25.1 Å². The summed E-state index contributed by atoms with van der Waals surface area (Å²) >= 11 is 0. The fourth-order valence-electron chi connectivity index (χ4n) is 2.99. The van der Waals surface area contributed by atoms with Crippen molar-refractivity contribution in [2.45, 2.75) is 39.3 Å².